The Morgan fingerprint density at radius 1 is 1.62 bits per heavy atom. The molecule has 0 spiro atoms. The molecule has 0 rings (SSSR count). The van der Waals surface area contributed by atoms with Gasteiger partial charge in [-0.05, 0) is 12.6 Å². The van der Waals surface area contributed by atoms with Gasteiger partial charge in [0.15, 0.2) is 0 Å². The molecule has 50 valence electrons. The lowest BCUT2D eigenvalue weighted by Gasteiger charge is -2.22. The summed E-state index contributed by atoms with van der Waals surface area (Å²) < 4.78 is 2.62. The molecule has 0 aliphatic rings. The third-order valence-electron chi connectivity index (χ3n) is 1.54. The predicted molar refractivity (Wildman–Crippen MR) is 46.0 cm³/mol. The Morgan fingerprint density at radius 2 is 2.12 bits per heavy atom. The van der Waals surface area contributed by atoms with E-state index >= 15 is 0 Å². The van der Waals surface area contributed by atoms with Crippen LogP contribution in [0, 0.1) is 0 Å². The van der Waals surface area contributed by atoms with Crippen molar-refractivity contribution in [3.63, 3.8) is 0 Å². The van der Waals surface area contributed by atoms with Crippen molar-refractivity contribution in [1.82, 2.24) is 4.57 Å². The van der Waals surface area contributed by atoms with E-state index < -0.39 is 0 Å². The molecule has 0 saturated heterocycles. The van der Waals surface area contributed by atoms with E-state index in [1.165, 1.54) is 16.3 Å². The lowest BCUT2D eigenvalue weighted by Crippen LogP contribution is -2.34. The predicted octanol–water partition coefficient (Wildman–Crippen LogP) is -0.919. The summed E-state index contributed by atoms with van der Waals surface area (Å²) >= 11 is 0. The highest BCUT2D eigenvalue weighted by Gasteiger charge is 2.00. The number of hydrogen-bond acceptors (Lipinski definition) is 1. The van der Waals surface area contributed by atoms with Gasteiger partial charge >= 0.3 is 0 Å². The molecule has 3 heteroatoms. The summed E-state index contributed by atoms with van der Waals surface area (Å²) in [5, 5.41) is 0. The Hall–Kier alpha value is 0.394. The first-order valence-electron chi connectivity index (χ1n) is 3.46. The lowest BCUT2D eigenvalue weighted by molar-refractivity contribution is 0.396. The number of hydrogen-bond donors (Lipinski definition) is 0. The summed E-state index contributed by atoms with van der Waals surface area (Å²) in [6.45, 7) is 8.10. The summed E-state index contributed by atoms with van der Waals surface area (Å²) in [4.78, 5) is 0. The van der Waals surface area contributed by atoms with E-state index in [2.05, 4.69) is 25.3 Å². The highest BCUT2D eigenvalue weighted by atomic mass is 29.1. The van der Waals surface area contributed by atoms with Crippen LogP contribution in [0.1, 0.15) is 20.8 Å². The summed E-state index contributed by atoms with van der Waals surface area (Å²) in [6, 6.07) is 0.809. The lowest BCUT2D eigenvalue weighted by atomic mass is 10.4. The van der Waals surface area contributed by atoms with Gasteiger partial charge in [-0.2, -0.15) is 0 Å². The van der Waals surface area contributed by atoms with E-state index in [-0.39, 0.29) is 9.20 Å². The van der Waals surface area contributed by atoms with Crippen LogP contribution in [0.3, 0.4) is 0 Å². The highest BCUT2D eigenvalue weighted by molar-refractivity contribution is 6.87. The molecule has 0 saturated carbocycles. The molecule has 8 heavy (non-hydrogen) atoms. The molecule has 0 atom stereocenters. The molecule has 0 aromatic carbocycles. The maximum Gasteiger partial charge on any atom is 0.0759 e. The second-order valence-corrected chi connectivity index (χ2v) is 5.66. The zero-order chi connectivity index (χ0) is 6.57. The second kappa shape index (κ2) is 4.29. The SMILES string of the molecule is CCN([SiH2][SiH3])C(C)C. The van der Waals surface area contributed by atoms with Crippen LogP contribution in [-0.2, 0) is 0 Å². The largest absolute Gasteiger partial charge is 0.330 e. The Labute approximate surface area is 57.6 Å². The van der Waals surface area contributed by atoms with Gasteiger partial charge in [-0.25, -0.2) is 0 Å². The molecule has 0 amide bonds. The quantitative estimate of drug-likeness (QED) is 0.467. The van der Waals surface area contributed by atoms with Crippen molar-refractivity contribution < 1.29 is 0 Å². The molecule has 0 aromatic heterocycles. The molecule has 0 N–H and O–H groups in total. The molecular weight excluding hydrogens is 130 g/mol. The molecule has 0 aromatic rings. The van der Waals surface area contributed by atoms with Gasteiger partial charge in [0, 0.05) is 9.76 Å². The molecule has 0 fully saturated rings. The minimum absolute atomic E-state index is 0.253. The summed E-state index contributed by atoms with van der Waals surface area (Å²) in [5.41, 5.74) is 0. The molecule has 0 bridgehead atoms. The zero-order valence-electron chi connectivity index (χ0n) is 6.44. The average Bonchev–Trinajstić information content (AvgIpc) is 1.69. The van der Waals surface area contributed by atoms with Crippen LogP contribution in [0.15, 0.2) is 0 Å². The van der Waals surface area contributed by atoms with Crippen molar-refractivity contribution >= 4 is 19.0 Å². The maximum atomic E-state index is 2.62. The van der Waals surface area contributed by atoms with Gasteiger partial charge in [-0.1, -0.05) is 20.8 Å². The van der Waals surface area contributed by atoms with Crippen molar-refractivity contribution in [2.45, 2.75) is 26.8 Å². The molecule has 0 radical (unpaired) electrons. The van der Waals surface area contributed by atoms with Gasteiger partial charge in [0.1, 0.15) is 0 Å². The number of rotatable bonds is 3. The first-order valence-corrected chi connectivity index (χ1v) is 9.75. The van der Waals surface area contributed by atoms with Crippen LogP contribution in [0.5, 0.6) is 0 Å². The molecule has 0 heterocycles. The van der Waals surface area contributed by atoms with Gasteiger partial charge in [0.05, 0.1) is 9.20 Å². The fraction of sp³-hybridized carbons (Fsp3) is 1.00. The van der Waals surface area contributed by atoms with Crippen molar-refractivity contribution in [2.24, 2.45) is 0 Å². The molecular formula is C5H17NSi2. The Bertz CT molecular complexity index is 52.4. The van der Waals surface area contributed by atoms with Crippen LogP contribution in [0.4, 0.5) is 0 Å². The minimum atomic E-state index is 0.253. The standard InChI is InChI=1S/C5H17NSi2/c1-4-6(8-7)5(2)3/h5H,4,8H2,1-3,7H3. The normalized spacial score (nSPS) is 13.1. The van der Waals surface area contributed by atoms with E-state index in [0.717, 1.165) is 6.04 Å². The molecule has 0 aliphatic carbocycles. The van der Waals surface area contributed by atoms with E-state index in [0.29, 0.717) is 0 Å². The molecule has 0 aliphatic heterocycles. The van der Waals surface area contributed by atoms with Crippen molar-refractivity contribution in [3.05, 3.63) is 0 Å². The first-order chi connectivity index (χ1) is 3.72. The summed E-state index contributed by atoms with van der Waals surface area (Å²) in [6.07, 6.45) is 0. The Morgan fingerprint density at radius 3 is 2.12 bits per heavy atom. The maximum absolute atomic E-state index is 2.62. The first kappa shape index (κ1) is 8.39. The van der Waals surface area contributed by atoms with Crippen molar-refractivity contribution in [3.8, 4) is 0 Å². The smallest absolute Gasteiger partial charge is 0.0759 e. The second-order valence-electron chi connectivity index (χ2n) is 2.31. The fourth-order valence-electron chi connectivity index (χ4n) is 0.954. The van der Waals surface area contributed by atoms with Gasteiger partial charge in [-0.15, -0.1) is 0 Å². The monoisotopic (exact) mass is 147 g/mol. The van der Waals surface area contributed by atoms with Gasteiger partial charge < -0.3 is 4.57 Å². The van der Waals surface area contributed by atoms with Gasteiger partial charge in [-0.3, -0.25) is 0 Å². The van der Waals surface area contributed by atoms with Gasteiger partial charge in [0.25, 0.3) is 0 Å². The molecule has 0 unspecified atom stereocenters. The summed E-state index contributed by atoms with van der Waals surface area (Å²) in [7, 11) is 1.70. The van der Waals surface area contributed by atoms with Crippen LogP contribution in [0.25, 0.3) is 0 Å². The average molecular weight is 147 g/mol. The Balaban J connectivity index is 3.35. The third-order valence-corrected chi connectivity index (χ3v) is 5.97. The van der Waals surface area contributed by atoms with E-state index in [4.69, 9.17) is 0 Å². The van der Waals surface area contributed by atoms with E-state index in [1.807, 2.05) is 0 Å². The summed E-state index contributed by atoms with van der Waals surface area (Å²) in [5.74, 6) is 0. The van der Waals surface area contributed by atoms with E-state index in [9.17, 15) is 0 Å². The number of nitrogens with zero attached hydrogens (tertiary/aromatic N) is 1. The van der Waals surface area contributed by atoms with Crippen LogP contribution in [-0.4, -0.2) is 36.1 Å². The molecule has 1 nitrogen and oxygen atoms in total. The van der Waals surface area contributed by atoms with Crippen molar-refractivity contribution in [2.75, 3.05) is 6.54 Å². The zero-order valence-corrected chi connectivity index (χ0v) is 9.85. The topological polar surface area (TPSA) is 3.24 Å². The Kier molecular flexibility index (Phi) is 4.50. The van der Waals surface area contributed by atoms with Crippen LogP contribution < -0.4 is 0 Å². The van der Waals surface area contributed by atoms with E-state index in [1.54, 1.807) is 0 Å². The van der Waals surface area contributed by atoms with Crippen molar-refractivity contribution in [1.29, 1.82) is 0 Å². The van der Waals surface area contributed by atoms with Crippen LogP contribution in [0.2, 0.25) is 0 Å². The van der Waals surface area contributed by atoms with Gasteiger partial charge in [0.2, 0.25) is 0 Å². The highest BCUT2D eigenvalue weighted by Crippen LogP contribution is 1.91. The third kappa shape index (κ3) is 2.64. The fourth-order valence-corrected chi connectivity index (χ4v) is 5.66. The van der Waals surface area contributed by atoms with Crippen LogP contribution >= 0.6 is 0 Å². The minimum Gasteiger partial charge on any atom is -0.330 e.